The van der Waals surface area contributed by atoms with Crippen LogP contribution in [0.2, 0.25) is 10.0 Å². The van der Waals surface area contributed by atoms with Gasteiger partial charge in [-0.3, -0.25) is 0 Å². The maximum absolute atomic E-state index is 5.94. The van der Waals surface area contributed by atoms with Crippen molar-refractivity contribution in [2.45, 2.75) is 19.4 Å². The van der Waals surface area contributed by atoms with Gasteiger partial charge in [-0.1, -0.05) is 36.2 Å². The van der Waals surface area contributed by atoms with E-state index in [1.807, 2.05) is 13.0 Å². The summed E-state index contributed by atoms with van der Waals surface area (Å²) in [5, 5.41) is 1.30. The molecule has 0 radical (unpaired) electrons. The first-order chi connectivity index (χ1) is 5.65. The highest BCUT2D eigenvalue weighted by atomic mass is 35.5. The summed E-state index contributed by atoms with van der Waals surface area (Å²) in [6.45, 7) is 2.02. The molecular weight excluding hydrogens is 228 g/mol. The van der Waals surface area contributed by atoms with Crippen molar-refractivity contribution in [1.29, 1.82) is 0 Å². The zero-order chi connectivity index (χ0) is 9.14. The van der Waals surface area contributed by atoms with Crippen LogP contribution in [0, 0.1) is 0 Å². The Morgan fingerprint density at radius 3 is 2.46 bits per heavy atom. The Bertz CT molecular complexity index is 276. The van der Waals surface area contributed by atoms with E-state index in [2.05, 4.69) is 0 Å². The molecule has 2 N–H and O–H groups in total. The highest BCUT2D eigenvalue weighted by Crippen LogP contribution is 2.26. The lowest BCUT2D eigenvalue weighted by Gasteiger charge is -2.10. The van der Waals surface area contributed by atoms with Crippen LogP contribution in [-0.4, -0.2) is 0 Å². The van der Waals surface area contributed by atoms with Gasteiger partial charge in [0.05, 0.1) is 0 Å². The maximum atomic E-state index is 5.94. The summed E-state index contributed by atoms with van der Waals surface area (Å²) in [4.78, 5) is 0. The van der Waals surface area contributed by atoms with Crippen molar-refractivity contribution in [2.75, 3.05) is 0 Å². The summed E-state index contributed by atoms with van der Waals surface area (Å²) in [7, 11) is 0. The third kappa shape index (κ3) is 3.35. The van der Waals surface area contributed by atoms with Gasteiger partial charge in [0, 0.05) is 16.1 Å². The van der Waals surface area contributed by atoms with Gasteiger partial charge in [-0.25, -0.2) is 0 Å². The van der Waals surface area contributed by atoms with Crippen molar-refractivity contribution in [3.63, 3.8) is 0 Å². The molecule has 1 rings (SSSR count). The first-order valence-corrected chi connectivity index (χ1v) is 4.61. The minimum absolute atomic E-state index is 0. The van der Waals surface area contributed by atoms with Crippen LogP contribution in [0.5, 0.6) is 0 Å². The van der Waals surface area contributed by atoms with E-state index in [1.165, 1.54) is 0 Å². The summed E-state index contributed by atoms with van der Waals surface area (Å²) >= 11 is 11.7. The monoisotopic (exact) mass is 239 g/mol. The molecular formula is C9H12Cl3N. The Balaban J connectivity index is 0.00000144. The van der Waals surface area contributed by atoms with Crippen molar-refractivity contribution in [3.8, 4) is 0 Å². The second kappa shape index (κ2) is 5.71. The highest BCUT2D eigenvalue weighted by molar-refractivity contribution is 6.35. The van der Waals surface area contributed by atoms with E-state index >= 15 is 0 Å². The molecule has 0 fully saturated rings. The first kappa shape index (κ1) is 13.1. The molecule has 0 aliphatic carbocycles. The van der Waals surface area contributed by atoms with Crippen molar-refractivity contribution >= 4 is 35.6 Å². The fourth-order valence-corrected chi connectivity index (χ4v) is 1.57. The minimum atomic E-state index is 0. The Labute approximate surface area is 94.6 Å². The molecule has 0 aliphatic heterocycles. The van der Waals surface area contributed by atoms with Crippen molar-refractivity contribution in [2.24, 2.45) is 5.73 Å². The summed E-state index contributed by atoms with van der Waals surface area (Å²) in [6, 6.07) is 5.40. The topological polar surface area (TPSA) is 26.0 Å². The maximum Gasteiger partial charge on any atom is 0.0468 e. The molecule has 0 unspecified atom stereocenters. The summed E-state index contributed by atoms with van der Waals surface area (Å²) < 4.78 is 0. The first-order valence-electron chi connectivity index (χ1n) is 3.85. The second-order valence-corrected chi connectivity index (χ2v) is 3.52. The van der Waals surface area contributed by atoms with Crippen molar-refractivity contribution in [1.82, 2.24) is 0 Å². The zero-order valence-electron chi connectivity index (χ0n) is 7.26. The Morgan fingerprint density at radius 1 is 1.38 bits per heavy atom. The van der Waals surface area contributed by atoms with Crippen LogP contribution in [0.15, 0.2) is 18.2 Å². The van der Waals surface area contributed by atoms with Gasteiger partial charge in [0.25, 0.3) is 0 Å². The lowest BCUT2D eigenvalue weighted by Crippen LogP contribution is -2.08. The molecule has 1 aromatic carbocycles. The van der Waals surface area contributed by atoms with Gasteiger partial charge in [-0.05, 0) is 24.1 Å². The number of rotatable bonds is 2. The lowest BCUT2D eigenvalue weighted by atomic mass is 10.1. The Kier molecular flexibility index (Phi) is 5.73. The molecule has 4 heteroatoms. The molecule has 1 nitrogen and oxygen atoms in total. The summed E-state index contributed by atoms with van der Waals surface area (Å²) in [5.74, 6) is 0. The smallest absolute Gasteiger partial charge is 0.0468 e. The Hall–Kier alpha value is 0.0500. The van der Waals surface area contributed by atoms with Gasteiger partial charge in [-0.2, -0.15) is 0 Å². The van der Waals surface area contributed by atoms with Crippen LogP contribution in [0.3, 0.4) is 0 Å². The molecule has 74 valence electrons. The van der Waals surface area contributed by atoms with Gasteiger partial charge >= 0.3 is 0 Å². The van der Waals surface area contributed by atoms with Gasteiger partial charge in [0.2, 0.25) is 0 Å². The third-order valence-corrected chi connectivity index (χ3v) is 2.36. The number of nitrogens with two attached hydrogens (primary N) is 1. The molecule has 0 heterocycles. The molecule has 0 amide bonds. The van der Waals surface area contributed by atoms with Gasteiger partial charge in [0.15, 0.2) is 0 Å². The molecule has 0 saturated heterocycles. The van der Waals surface area contributed by atoms with Gasteiger partial charge in [0.1, 0.15) is 0 Å². The lowest BCUT2D eigenvalue weighted by molar-refractivity contribution is 0.699. The van der Waals surface area contributed by atoms with E-state index in [-0.39, 0.29) is 18.4 Å². The normalized spacial score (nSPS) is 12.0. The van der Waals surface area contributed by atoms with Crippen LogP contribution in [0.1, 0.15) is 24.9 Å². The van der Waals surface area contributed by atoms with E-state index in [4.69, 9.17) is 28.9 Å². The molecule has 0 aliphatic rings. The molecule has 13 heavy (non-hydrogen) atoms. The van der Waals surface area contributed by atoms with Crippen LogP contribution in [0.4, 0.5) is 0 Å². The van der Waals surface area contributed by atoms with Crippen molar-refractivity contribution < 1.29 is 0 Å². The van der Waals surface area contributed by atoms with E-state index in [1.54, 1.807) is 12.1 Å². The number of halogens is 3. The molecule has 0 spiro atoms. The average Bonchev–Trinajstić information content (AvgIpc) is 2.03. The standard InChI is InChI=1S/C9H11Cl2N.ClH/c1-2-9(12)7-4-3-6(10)5-8(7)11;/h3-5,9H,2,12H2,1H3;1H/t9-;/m0./s1. The number of hydrogen-bond donors (Lipinski definition) is 1. The van der Waals surface area contributed by atoms with E-state index in [0.717, 1.165) is 12.0 Å². The average molecular weight is 241 g/mol. The van der Waals surface area contributed by atoms with Gasteiger partial charge in [-0.15, -0.1) is 12.4 Å². The van der Waals surface area contributed by atoms with Crippen molar-refractivity contribution in [3.05, 3.63) is 33.8 Å². The molecule has 0 saturated carbocycles. The quantitative estimate of drug-likeness (QED) is 0.835. The van der Waals surface area contributed by atoms with E-state index < -0.39 is 0 Å². The minimum Gasteiger partial charge on any atom is -0.324 e. The van der Waals surface area contributed by atoms with Crippen LogP contribution in [-0.2, 0) is 0 Å². The molecule has 0 bridgehead atoms. The van der Waals surface area contributed by atoms with Crippen LogP contribution < -0.4 is 5.73 Å². The summed E-state index contributed by atoms with van der Waals surface area (Å²) in [6.07, 6.45) is 0.876. The highest BCUT2D eigenvalue weighted by Gasteiger charge is 2.07. The zero-order valence-corrected chi connectivity index (χ0v) is 9.59. The molecule has 1 atom stereocenters. The largest absolute Gasteiger partial charge is 0.324 e. The van der Waals surface area contributed by atoms with E-state index in [9.17, 15) is 0 Å². The Morgan fingerprint density at radius 2 is 2.00 bits per heavy atom. The molecule has 0 aromatic heterocycles. The van der Waals surface area contributed by atoms with Gasteiger partial charge < -0.3 is 5.73 Å². The number of hydrogen-bond acceptors (Lipinski definition) is 1. The third-order valence-electron chi connectivity index (χ3n) is 1.80. The fourth-order valence-electron chi connectivity index (χ4n) is 1.02. The number of benzene rings is 1. The van der Waals surface area contributed by atoms with E-state index in [0.29, 0.717) is 10.0 Å². The molecule has 1 aromatic rings. The fraction of sp³-hybridized carbons (Fsp3) is 0.333. The predicted octanol–water partition coefficient (Wildman–Crippen LogP) is 3.83. The summed E-state index contributed by atoms with van der Waals surface area (Å²) in [5.41, 5.74) is 6.78. The van der Waals surface area contributed by atoms with Crippen LogP contribution >= 0.6 is 35.6 Å². The predicted molar refractivity (Wildman–Crippen MR) is 60.9 cm³/mol. The SMILES string of the molecule is CC[C@H](N)c1ccc(Cl)cc1Cl.Cl. The second-order valence-electron chi connectivity index (χ2n) is 2.68. The van der Waals surface area contributed by atoms with Crippen LogP contribution in [0.25, 0.3) is 0 Å².